The molecule has 1 aromatic carbocycles. The van der Waals surface area contributed by atoms with Gasteiger partial charge in [-0.15, -0.1) is 0 Å². The van der Waals surface area contributed by atoms with Crippen molar-refractivity contribution < 1.29 is 9.90 Å². The number of urea groups is 1. The zero-order valence-electron chi connectivity index (χ0n) is 12.4. The second-order valence-electron chi connectivity index (χ2n) is 5.56. The monoisotopic (exact) mass is 310 g/mol. The average molecular weight is 311 g/mol. The molecule has 0 aromatic heterocycles. The number of benzene rings is 1. The standard InChI is InChI=1S/C16H23ClN2O2/c1-2-19(11-12-5-3-4-6-15(12)17)16(21)18-13-7-9-14(20)10-8-13/h3-6,13-14,20H,2,7-11H2,1H3,(H,18,21). The predicted molar refractivity (Wildman–Crippen MR) is 84.3 cm³/mol. The van der Waals surface area contributed by atoms with Crippen molar-refractivity contribution in [3.63, 3.8) is 0 Å². The van der Waals surface area contributed by atoms with E-state index < -0.39 is 0 Å². The zero-order valence-corrected chi connectivity index (χ0v) is 13.1. The summed E-state index contributed by atoms with van der Waals surface area (Å²) in [4.78, 5) is 14.1. The Morgan fingerprint density at radius 3 is 2.62 bits per heavy atom. The number of amides is 2. The molecule has 1 aliphatic carbocycles. The fourth-order valence-electron chi connectivity index (χ4n) is 2.65. The molecule has 1 aliphatic rings. The van der Waals surface area contributed by atoms with Gasteiger partial charge in [-0.1, -0.05) is 29.8 Å². The molecule has 21 heavy (non-hydrogen) atoms. The first-order valence-corrected chi connectivity index (χ1v) is 7.95. The molecule has 1 aromatic rings. The second kappa shape index (κ2) is 7.66. The number of hydrogen-bond donors (Lipinski definition) is 2. The summed E-state index contributed by atoms with van der Waals surface area (Å²) in [7, 11) is 0. The van der Waals surface area contributed by atoms with Crippen LogP contribution in [0.25, 0.3) is 0 Å². The summed E-state index contributed by atoms with van der Waals surface area (Å²) >= 11 is 6.15. The van der Waals surface area contributed by atoms with Crippen LogP contribution in [0.15, 0.2) is 24.3 Å². The van der Waals surface area contributed by atoms with Crippen molar-refractivity contribution in [1.29, 1.82) is 0 Å². The number of nitrogens with zero attached hydrogens (tertiary/aromatic N) is 1. The van der Waals surface area contributed by atoms with Crippen molar-refractivity contribution in [2.75, 3.05) is 6.54 Å². The Labute approximate surface area is 131 Å². The zero-order chi connectivity index (χ0) is 15.2. The van der Waals surface area contributed by atoms with Gasteiger partial charge in [0.05, 0.1) is 6.10 Å². The van der Waals surface area contributed by atoms with Crippen LogP contribution in [0.3, 0.4) is 0 Å². The van der Waals surface area contributed by atoms with Gasteiger partial charge in [-0.25, -0.2) is 4.79 Å². The highest BCUT2D eigenvalue weighted by Crippen LogP contribution is 2.20. The van der Waals surface area contributed by atoms with Gasteiger partial charge in [0.25, 0.3) is 0 Å². The van der Waals surface area contributed by atoms with Gasteiger partial charge in [0.1, 0.15) is 0 Å². The van der Waals surface area contributed by atoms with Crippen LogP contribution < -0.4 is 5.32 Å². The molecule has 0 unspecified atom stereocenters. The van der Waals surface area contributed by atoms with Gasteiger partial charge in [0, 0.05) is 24.2 Å². The minimum atomic E-state index is -0.205. The molecule has 0 heterocycles. The topological polar surface area (TPSA) is 52.6 Å². The lowest BCUT2D eigenvalue weighted by molar-refractivity contribution is 0.115. The Bertz CT molecular complexity index is 473. The quantitative estimate of drug-likeness (QED) is 0.897. The lowest BCUT2D eigenvalue weighted by Gasteiger charge is -2.29. The lowest BCUT2D eigenvalue weighted by atomic mass is 9.93. The van der Waals surface area contributed by atoms with Gasteiger partial charge in [-0.2, -0.15) is 0 Å². The van der Waals surface area contributed by atoms with Gasteiger partial charge >= 0.3 is 6.03 Å². The Morgan fingerprint density at radius 1 is 1.33 bits per heavy atom. The number of carbonyl (C=O) groups excluding carboxylic acids is 1. The first-order chi connectivity index (χ1) is 10.1. The van der Waals surface area contributed by atoms with Gasteiger partial charge < -0.3 is 15.3 Å². The molecule has 2 N–H and O–H groups in total. The molecule has 0 bridgehead atoms. The maximum absolute atomic E-state index is 12.3. The van der Waals surface area contributed by atoms with Gasteiger partial charge in [0.15, 0.2) is 0 Å². The summed E-state index contributed by atoms with van der Waals surface area (Å²) < 4.78 is 0. The van der Waals surface area contributed by atoms with Crippen molar-refractivity contribution in [2.45, 2.75) is 51.3 Å². The van der Waals surface area contributed by atoms with E-state index in [0.717, 1.165) is 31.2 Å². The minimum absolute atomic E-state index is 0.0567. The lowest BCUT2D eigenvalue weighted by Crippen LogP contribution is -2.46. The third kappa shape index (κ3) is 4.61. The van der Waals surface area contributed by atoms with Crippen molar-refractivity contribution in [1.82, 2.24) is 10.2 Å². The van der Waals surface area contributed by atoms with E-state index >= 15 is 0 Å². The molecule has 1 saturated carbocycles. The normalized spacial score (nSPS) is 21.9. The maximum atomic E-state index is 12.3. The SMILES string of the molecule is CCN(Cc1ccccc1Cl)C(=O)NC1CCC(O)CC1. The summed E-state index contributed by atoms with van der Waals surface area (Å²) in [6.45, 7) is 3.10. The van der Waals surface area contributed by atoms with Crippen LogP contribution in [0.2, 0.25) is 5.02 Å². The molecule has 4 nitrogen and oxygen atoms in total. The van der Waals surface area contributed by atoms with E-state index in [1.807, 2.05) is 31.2 Å². The predicted octanol–water partition coefficient (Wildman–Crippen LogP) is 3.18. The van der Waals surface area contributed by atoms with Gasteiger partial charge in [0.2, 0.25) is 0 Å². The Balaban J connectivity index is 1.91. The molecular formula is C16H23ClN2O2. The van der Waals surface area contributed by atoms with Crippen LogP contribution in [-0.2, 0) is 6.54 Å². The number of aliphatic hydroxyl groups is 1. The Kier molecular flexibility index (Phi) is 5.88. The number of hydrogen-bond acceptors (Lipinski definition) is 2. The van der Waals surface area contributed by atoms with E-state index in [1.54, 1.807) is 4.90 Å². The Hall–Kier alpha value is -1.26. The summed E-state index contributed by atoms with van der Waals surface area (Å²) in [6.07, 6.45) is 3.01. The highest BCUT2D eigenvalue weighted by molar-refractivity contribution is 6.31. The first-order valence-electron chi connectivity index (χ1n) is 7.57. The van der Waals surface area contributed by atoms with Crippen LogP contribution in [0.5, 0.6) is 0 Å². The van der Waals surface area contributed by atoms with E-state index in [0.29, 0.717) is 18.1 Å². The molecule has 0 saturated heterocycles. The fraction of sp³-hybridized carbons (Fsp3) is 0.562. The number of carbonyl (C=O) groups is 1. The molecular weight excluding hydrogens is 288 g/mol. The van der Waals surface area contributed by atoms with Crippen molar-refractivity contribution >= 4 is 17.6 Å². The smallest absolute Gasteiger partial charge is 0.317 e. The van der Waals surface area contributed by atoms with Crippen molar-refractivity contribution in [2.24, 2.45) is 0 Å². The maximum Gasteiger partial charge on any atom is 0.317 e. The summed E-state index contributed by atoms with van der Waals surface area (Å²) in [5.74, 6) is 0. The largest absolute Gasteiger partial charge is 0.393 e. The van der Waals surface area contributed by atoms with Crippen LogP contribution in [0.4, 0.5) is 4.79 Å². The van der Waals surface area contributed by atoms with Gasteiger partial charge in [-0.05, 0) is 44.2 Å². The molecule has 0 atom stereocenters. The molecule has 5 heteroatoms. The van der Waals surface area contributed by atoms with E-state index in [9.17, 15) is 9.90 Å². The number of aliphatic hydroxyl groups excluding tert-OH is 1. The molecule has 0 aliphatic heterocycles. The first kappa shape index (κ1) is 16.1. The Morgan fingerprint density at radius 2 is 2.00 bits per heavy atom. The molecule has 0 spiro atoms. The third-order valence-corrected chi connectivity index (χ3v) is 4.38. The molecule has 1 fully saturated rings. The molecule has 2 rings (SSSR count). The minimum Gasteiger partial charge on any atom is -0.393 e. The highest BCUT2D eigenvalue weighted by Gasteiger charge is 2.22. The fourth-order valence-corrected chi connectivity index (χ4v) is 2.84. The second-order valence-corrected chi connectivity index (χ2v) is 5.97. The number of rotatable bonds is 4. The van der Waals surface area contributed by atoms with Crippen LogP contribution in [0.1, 0.15) is 38.2 Å². The summed E-state index contributed by atoms with van der Waals surface area (Å²) in [5, 5.41) is 13.3. The highest BCUT2D eigenvalue weighted by atomic mass is 35.5. The van der Waals surface area contributed by atoms with E-state index in [1.165, 1.54) is 0 Å². The number of nitrogens with one attached hydrogen (secondary N) is 1. The molecule has 0 radical (unpaired) electrons. The van der Waals surface area contributed by atoms with Crippen LogP contribution >= 0.6 is 11.6 Å². The summed E-state index contributed by atoms with van der Waals surface area (Å²) in [5.41, 5.74) is 0.954. The van der Waals surface area contributed by atoms with E-state index in [-0.39, 0.29) is 18.2 Å². The van der Waals surface area contributed by atoms with E-state index in [4.69, 9.17) is 11.6 Å². The van der Waals surface area contributed by atoms with Crippen LogP contribution in [-0.4, -0.2) is 34.7 Å². The summed E-state index contributed by atoms with van der Waals surface area (Å²) in [6, 6.07) is 7.70. The van der Waals surface area contributed by atoms with Crippen molar-refractivity contribution in [3.05, 3.63) is 34.9 Å². The third-order valence-electron chi connectivity index (χ3n) is 4.01. The molecule has 2 amide bonds. The van der Waals surface area contributed by atoms with Crippen molar-refractivity contribution in [3.8, 4) is 0 Å². The average Bonchev–Trinajstić information content (AvgIpc) is 2.48. The van der Waals surface area contributed by atoms with E-state index in [2.05, 4.69) is 5.32 Å². The molecule has 116 valence electrons. The van der Waals surface area contributed by atoms with Crippen LogP contribution in [0, 0.1) is 0 Å². The van der Waals surface area contributed by atoms with Gasteiger partial charge in [-0.3, -0.25) is 0 Å². The number of halogens is 1.